The van der Waals surface area contributed by atoms with Crippen molar-refractivity contribution in [3.8, 4) is 16.8 Å². The van der Waals surface area contributed by atoms with E-state index in [9.17, 15) is 4.79 Å². The molecule has 3 aromatic heterocycles. The van der Waals surface area contributed by atoms with Gasteiger partial charge >= 0.3 is 0 Å². The Labute approximate surface area is 156 Å². The molecule has 0 saturated carbocycles. The van der Waals surface area contributed by atoms with E-state index < -0.39 is 0 Å². The molecule has 0 atom stereocenters. The summed E-state index contributed by atoms with van der Waals surface area (Å²) < 4.78 is 3.66. The zero-order valence-corrected chi connectivity index (χ0v) is 14.7. The second-order valence-electron chi connectivity index (χ2n) is 6.15. The maximum atomic E-state index is 12.6. The molecule has 4 aromatic rings. The Bertz CT molecular complexity index is 1080. The minimum absolute atomic E-state index is 0.313. The van der Waals surface area contributed by atoms with Crippen molar-refractivity contribution in [2.45, 2.75) is 0 Å². The number of nitrogens with zero attached hydrogens (tertiary/aromatic N) is 4. The fourth-order valence-electron chi connectivity index (χ4n) is 2.78. The average molecular weight is 358 g/mol. The van der Waals surface area contributed by atoms with Gasteiger partial charge in [0.15, 0.2) is 0 Å². The standard InChI is InChI=1S/C20H18N6O/c1-25-13-15(12-23-25)14-4-7-18(22-11-14)20(27)24-19-10-16(5-6-17(19)21)26-8-2-3-9-26/h2-13H,21H2,1H3,(H,24,27). The topological polar surface area (TPSA) is 90.8 Å². The van der Waals surface area contributed by atoms with E-state index in [2.05, 4.69) is 15.4 Å². The third-order valence-electron chi connectivity index (χ3n) is 4.22. The molecule has 7 heteroatoms. The van der Waals surface area contributed by atoms with E-state index in [1.165, 1.54) is 0 Å². The van der Waals surface area contributed by atoms with Crippen molar-refractivity contribution in [1.82, 2.24) is 19.3 Å². The minimum atomic E-state index is -0.316. The van der Waals surface area contributed by atoms with Crippen LogP contribution < -0.4 is 11.1 Å². The minimum Gasteiger partial charge on any atom is -0.397 e. The van der Waals surface area contributed by atoms with Crippen LogP contribution in [0.1, 0.15) is 10.5 Å². The summed E-state index contributed by atoms with van der Waals surface area (Å²) in [4.78, 5) is 16.8. The Kier molecular flexibility index (Phi) is 4.18. The van der Waals surface area contributed by atoms with Crippen LogP contribution in [-0.4, -0.2) is 25.2 Å². The summed E-state index contributed by atoms with van der Waals surface area (Å²) in [7, 11) is 1.85. The van der Waals surface area contributed by atoms with E-state index in [1.807, 2.05) is 60.5 Å². The number of nitrogens with two attached hydrogens (primary N) is 1. The number of carbonyl (C=O) groups excluding carboxylic acids is 1. The highest BCUT2D eigenvalue weighted by Gasteiger charge is 2.11. The van der Waals surface area contributed by atoms with Crippen molar-refractivity contribution in [3.63, 3.8) is 0 Å². The van der Waals surface area contributed by atoms with E-state index in [0.717, 1.165) is 16.8 Å². The zero-order chi connectivity index (χ0) is 18.8. The smallest absolute Gasteiger partial charge is 0.274 e. The first-order valence-electron chi connectivity index (χ1n) is 8.39. The highest BCUT2D eigenvalue weighted by atomic mass is 16.1. The Morgan fingerprint density at radius 2 is 1.89 bits per heavy atom. The molecule has 0 bridgehead atoms. The van der Waals surface area contributed by atoms with E-state index in [1.54, 1.807) is 29.2 Å². The molecule has 0 aliphatic heterocycles. The van der Waals surface area contributed by atoms with Gasteiger partial charge in [-0.05, 0) is 36.4 Å². The van der Waals surface area contributed by atoms with E-state index in [0.29, 0.717) is 17.1 Å². The van der Waals surface area contributed by atoms with Crippen LogP contribution in [0.15, 0.2) is 73.4 Å². The summed E-state index contributed by atoms with van der Waals surface area (Å²) >= 11 is 0. The molecule has 7 nitrogen and oxygen atoms in total. The van der Waals surface area contributed by atoms with Crippen molar-refractivity contribution in [2.75, 3.05) is 11.1 Å². The predicted octanol–water partition coefficient (Wildman–Crippen LogP) is 3.11. The molecule has 4 rings (SSSR count). The number of nitrogens with one attached hydrogen (secondary N) is 1. The molecule has 3 heterocycles. The number of pyridine rings is 1. The van der Waals surface area contributed by atoms with Crippen LogP contribution in [-0.2, 0) is 7.05 Å². The number of aryl methyl sites for hydroxylation is 1. The van der Waals surface area contributed by atoms with Crippen LogP contribution in [0.5, 0.6) is 0 Å². The maximum Gasteiger partial charge on any atom is 0.274 e. The summed E-state index contributed by atoms with van der Waals surface area (Å²) in [5, 5.41) is 6.98. The van der Waals surface area contributed by atoms with Crippen molar-refractivity contribution in [3.05, 3.63) is 79.1 Å². The first kappa shape index (κ1) is 16.6. The monoisotopic (exact) mass is 358 g/mol. The van der Waals surface area contributed by atoms with Crippen LogP contribution in [0, 0.1) is 0 Å². The van der Waals surface area contributed by atoms with Gasteiger partial charge in [-0.3, -0.25) is 14.5 Å². The largest absolute Gasteiger partial charge is 0.397 e. The van der Waals surface area contributed by atoms with Crippen molar-refractivity contribution in [2.24, 2.45) is 7.05 Å². The highest BCUT2D eigenvalue weighted by Crippen LogP contribution is 2.23. The summed E-state index contributed by atoms with van der Waals surface area (Å²) in [6.45, 7) is 0. The molecule has 0 aliphatic rings. The van der Waals surface area contributed by atoms with Crippen molar-refractivity contribution >= 4 is 17.3 Å². The van der Waals surface area contributed by atoms with Gasteiger partial charge in [-0.25, -0.2) is 0 Å². The van der Waals surface area contributed by atoms with Crippen LogP contribution in [0.25, 0.3) is 16.8 Å². The molecule has 3 N–H and O–H groups in total. The fraction of sp³-hybridized carbons (Fsp3) is 0.0500. The first-order chi connectivity index (χ1) is 13.1. The first-order valence-corrected chi connectivity index (χ1v) is 8.39. The summed E-state index contributed by atoms with van der Waals surface area (Å²) in [5.74, 6) is -0.316. The molecule has 0 fully saturated rings. The van der Waals surface area contributed by atoms with Crippen LogP contribution in [0.3, 0.4) is 0 Å². The van der Waals surface area contributed by atoms with Gasteiger partial charge in [-0.1, -0.05) is 6.07 Å². The number of anilines is 2. The van der Waals surface area contributed by atoms with E-state index in [4.69, 9.17) is 5.73 Å². The van der Waals surface area contributed by atoms with Crippen LogP contribution in [0.2, 0.25) is 0 Å². The Balaban J connectivity index is 1.54. The molecule has 0 unspecified atom stereocenters. The third kappa shape index (κ3) is 3.43. The third-order valence-corrected chi connectivity index (χ3v) is 4.22. The molecule has 1 amide bonds. The quantitative estimate of drug-likeness (QED) is 0.549. The van der Waals surface area contributed by atoms with E-state index >= 15 is 0 Å². The lowest BCUT2D eigenvalue weighted by atomic mass is 10.1. The lowest BCUT2D eigenvalue weighted by Crippen LogP contribution is -2.15. The lowest BCUT2D eigenvalue weighted by molar-refractivity contribution is 0.102. The molecular formula is C20H18N6O. The van der Waals surface area contributed by atoms with Gasteiger partial charge in [0.05, 0.1) is 17.6 Å². The molecule has 27 heavy (non-hydrogen) atoms. The Morgan fingerprint density at radius 3 is 2.56 bits per heavy atom. The summed E-state index contributed by atoms with van der Waals surface area (Å²) in [6, 6.07) is 12.9. The Hall–Kier alpha value is -3.87. The second-order valence-corrected chi connectivity index (χ2v) is 6.15. The number of aromatic nitrogens is 4. The number of nitrogen functional groups attached to an aromatic ring is 1. The van der Waals surface area contributed by atoms with Gasteiger partial charge in [0.2, 0.25) is 0 Å². The van der Waals surface area contributed by atoms with Crippen LogP contribution in [0.4, 0.5) is 11.4 Å². The second kappa shape index (κ2) is 6.80. The highest BCUT2D eigenvalue weighted by molar-refractivity contribution is 6.04. The molecule has 134 valence electrons. The van der Waals surface area contributed by atoms with Crippen molar-refractivity contribution < 1.29 is 4.79 Å². The number of rotatable bonds is 4. The summed E-state index contributed by atoms with van der Waals surface area (Å²) in [5.41, 5.74) is 10.1. The average Bonchev–Trinajstić information content (AvgIpc) is 3.35. The lowest BCUT2D eigenvalue weighted by Gasteiger charge is -2.11. The molecule has 1 aromatic carbocycles. The van der Waals surface area contributed by atoms with Crippen LogP contribution >= 0.6 is 0 Å². The number of hydrogen-bond acceptors (Lipinski definition) is 4. The van der Waals surface area contributed by atoms with Crippen molar-refractivity contribution in [1.29, 1.82) is 0 Å². The normalized spacial score (nSPS) is 10.7. The molecule has 0 saturated heterocycles. The van der Waals surface area contributed by atoms with Gasteiger partial charge in [-0.2, -0.15) is 5.10 Å². The summed E-state index contributed by atoms with van der Waals surface area (Å²) in [6.07, 6.45) is 9.16. The number of carbonyl (C=O) groups is 1. The van der Waals surface area contributed by atoms with Gasteiger partial charge in [-0.15, -0.1) is 0 Å². The zero-order valence-electron chi connectivity index (χ0n) is 14.7. The molecule has 0 aliphatic carbocycles. The van der Waals surface area contributed by atoms with Gasteiger partial charge < -0.3 is 15.6 Å². The molecule has 0 spiro atoms. The maximum absolute atomic E-state index is 12.6. The molecular weight excluding hydrogens is 340 g/mol. The number of amides is 1. The Morgan fingerprint density at radius 1 is 1.07 bits per heavy atom. The van der Waals surface area contributed by atoms with Gasteiger partial charge in [0, 0.05) is 48.6 Å². The van der Waals surface area contributed by atoms with Gasteiger partial charge in [0.25, 0.3) is 5.91 Å². The van der Waals surface area contributed by atoms with Gasteiger partial charge in [0.1, 0.15) is 5.69 Å². The van der Waals surface area contributed by atoms with E-state index in [-0.39, 0.29) is 5.91 Å². The fourth-order valence-corrected chi connectivity index (χ4v) is 2.78. The SMILES string of the molecule is Cn1cc(-c2ccc(C(=O)Nc3cc(-n4cccc4)ccc3N)nc2)cn1. The molecule has 0 radical (unpaired) electrons. The predicted molar refractivity (Wildman–Crippen MR) is 105 cm³/mol. The number of hydrogen-bond donors (Lipinski definition) is 2. The number of benzene rings is 1.